The first-order valence-corrected chi connectivity index (χ1v) is 8.76. The van der Waals surface area contributed by atoms with Crippen molar-refractivity contribution in [3.63, 3.8) is 0 Å². The third-order valence-electron chi connectivity index (χ3n) is 4.33. The van der Waals surface area contributed by atoms with E-state index in [1.165, 1.54) is 0 Å². The Morgan fingerprint density at radius 2 is 1.74 bits per heavy atom. The van der Waals surface area contributed by atoms with Crippen molar-refractivity contribution in [2.75, 3.05) is 0 Å². The number of primary amides is 2. The molecule has 0 aliphatic rings. The van der Waals surface area contributed by atoms with Crippen LogP contribution >= 0.6 is 0 Å². The van der Waals surface area contributed by atoms with Crippen LogP contribution in [0.25, 0.3) is 10.8 Å². The highest BCUT2D eigenvalue weighted by atomic mass is 16.5. The van der Waals surface area contributed by atoms with Crippen molar-refractivity contribution in [2.24, 2.45) is 11.5 Å². The quantitative estimate of drug-likeness (QED) is 0.703. The topological polar surface area (TPSA) is 95.4 Å². The van der Waals surface area contributed by atoms with Crippen LogP contribution in [0.3, 0.4) is 0 Å². The summed E-state index contributed by atoms with van der Waals surface area (Å²) in [7, 11) is 0. The third kappa shape index (κ3) is 4.08. The minimum Gasteiger partial charge on any atom is -0.491 e. The second kappa shape index (κ2) is 7.50. The molecule has 5 heteroatoms. The molecule has 0 unspecified atom stereocenters. The van der Waals surface area contributed by atoms with Gasteiger partial charge in [-0.1, -0.05) is 24.3 Å². The van der Waals surface area contributed by atoms with Gasteiger partial charge in [-0.2, -0.15) is 0 Å². The number of benzene rings is 3. The normalized spacial score (nSPS) is 10.9. The van der Waals surface area contributed by atoms with Gasteiger partial charge in [-0.3, -0.25) is 9.59 Å². The molecule has 138 valence electrons. The zero-order chi connectivity index (χ0) is 19.6. The minimum absolute atomic E-state index is 0.0752. The zero-order valence-corrected chi connectivity index (χ0v) is 15.4. The van der Waals surface area contributed by atoms with Crippen LogP contribution in [-0.2, 0) is 6.42 Å². The molecule has 27 heavy (non-hydrogen) atoms. The highest BCUT2D eigenvalue weighted by Gasteiger charge is 2.14. The van der Waals surface area contributed by atoms with E-state index in [1.54, 1.807) is 24.3 Å². The molecule has 0 spiro atoms. The van der Waals surface area contributed by atoms with Gasteiger partial charge in [0.05, 0.1) is 6.10 Å². The second-order valence-corrected chi connectivity index (χ2v) is 6.75. The van der Waals surface area contributed by atoms with E-state index in [2.05, 4.69) is 0 Å². The van der Waals surface area contributed by atoms with E-state index in [4.69, 9.17) is 16.2 Å². The van der Waals surface area contributed by atoms with E-state index in [-0.39, 0.29) is 6.10 Å². The standard InChI is InChI=1S/C22H22N2O3/c1-13(2)27-17-5-3-4-14(10-17)11-20-18-8-7-16(21(23)25)12-15(18)6-9-19(20)22(24)26/h3-10,12-13H,11H2,1-2H3,(H2,23,25)(H2,24,26). The lowest BCUT2D eigenvalue weighted by Gasteiger charge is -2.14. The summed E-state index contributed by atoms with van der Waals surface area (Å²) < 4.78 is 5.76. The molecule has 3 aromatic carbocycles. The van der Waals surface area contributed by atoms with E-state index in [0.29, 0.717) is 17.5 Å². The van der Waals surface area contributed by atoms with E-state index in [9.17, 15) is 9.59 Å². The molecule has 0 aliphatic carbocycles. The summed E-state index contributed by atoms with van der Waals surface area (Å²) >= 11 is 0. The predicted octanol–water partition coefficient (Wildman–Crippen LogP) is 3.42. The predicted molar refractivity (Wildman–Crippen MR) is 106 cm³/mol. The Morgan fingerprint density at radius 3 is 2.41 bits per heavy atom. The van der Waals surface area contributed by atoms with Gasteiger partial charge in [0, 0.05) is 11.1 Å². The molecular weight excluding hydrogens is 340 g/mol. The molecule has 0 aromatic heterocycles. The number of amides is 2. The summed E-state index contributed by atoms with van der Waals surface area (Å²) in [5.41, 5.74) is 13.7. The molecule has 2 amide bonds. The van der Waals surface area contributed by atoms with E-state index < -0.39 is 11.8 Å². The van der Waals surface area contributed by atoms with Gasteiger partial charge in [0.25, 0.3) is 0 Å². The van der Waals surface area contributed by atoms with Crippen LogP contribution in [0.5, 0.6) is 5.75 Å². The Bertz CT molecular complexity index is 1030. The van der Waals surface area contributed by atoms with Gasteiger partial charge in [-0.25, -0.2) is 0 Å². The Kier molecular flexibility index (Phi) is 5.12. The summed E-state index contributed by atoms with van der Waals surface area (Å²) in [6.45, 7) is 3.94. The molecule has 0 saturated carbocycles. The van der Waals surface area contributed by atoms with Gasteiger partial charge >= 0.3 is 0 Å². The van der Waals surface area contributed by atoms with Crippen molar-refractivity contribution < 1.29 is 14.3 Å². The van der Waals surface area contributed by atoms with Gasteiger partial charge in [-0.15, -0.1) is 0 Å². The molecule has 3 rings (SSSR count). The van der Waals surface area contributed by atoms with Gasteiger partial charge in [0.15, 0.2) is 0 Å². The average Bonchev–Trinajstić information content (AvgIpc) is 2.61. The lowest BCUT2D eigenvalue weighted by atomic mass is 9.92. The number of hydrogen-bond acceptors (Lipinski definition) is 3. The molecule has 0 aliphatic heterocycles. The van der Waals surface area contributed by atoms with Crippen LogP contribution in [0.15, 0.2) is 54.6 Å². The molecule has 0 atom stereocenters. The van der Waals surface area contributed by atoms with Gasteiger partial charge in [0.1, 0.15) is 5.75 Å². The van der Waals surface area contributed by atoms with Crippen molar-refractivity contribution >= 4 is 22.6 Å². The molecule has 0 saturated heterocycles. The fourth-order valence-electron chi connectivity index (χ4n) is 3.17. The first-order chi connectivity index (χ1) is 12.8. The molecule has 0 radical (unpaired) electrons. The monoisotopic (exact) mass is 362 g/mol. The number of nitrogens with two attached hydrogens (primary N) is 2. The summed E-state index contributed by atoms with van der Waals surface area (Å²) in [5, 5.41) is 1.70. The maximum absolute atomic E-state index is 12.0. The summed E-state index contributed by atoms with van der Waals surface area (Å²) in [5.74, 6) is -0.198. The minimum atomic E-state index is -0.490. The van der Waals surface area contributed by atoms with Crippen molar-refractivity contribution in [3.8, 4) is 5.75 Å². The maximum atomic E-state index is 12.0. The number of fused-ring (bicyclic) bond motifs is 1. The summed E-state index contributed by atoms with van der Waals surface area (Å²) in [4.78, 5) is 23.4. The second-order valence-electron chi connectivity index (χ2n) is 6.75. The van der Waals surface area contributed by atoms with Crippen LogP contribution in [0.4, 0.5) is 0 Å². The molecule has 0 fully saturated rings. The Labute approximate surface area is 157 Å². The fraction of sp³-hybridized carbons (Fsp3) is 0.182. The summed E-state index contributed by atoms with van der Waals surface area (Å²) in [6, 6.07) is 16.4. The largest absolute Gasteiger partial charge is 0.491 e. The number of rotatable bonds is 6. The number of hydrogen-bond donors (Lipinski definition) is 2. The van der Waals surface area contributed by atoms with Gasteiger partial charge in [0.2, 0.25) is 11.8 Å². The maximum Gasteiger partial charge on any atom is 0.249 e. The zero-order valence-electron chi connectivity index (χ0n) is 15.4. The number of ether oxygens (including phenoxy) is 1. The molecule has 4 N–H and O–H groups in total. The Hall–Kier alpha value is -3.34. The highest BCUT2D eigenvalue weighted by molar-refractivity contribution is 6.03. The molecule has 5 nitrogen and oxygen atoms in total. The van der Waals surface area contributed by atoms with Crippen molar-refractivity contribution in [3.05, 3.63) is 76.9 Å². The van der Waals surface area contributed by atoms with Crippen molar-refractivity contribution in [1.29, 1.82) is 0 Å². The first kappa shape index (κ1) is 18.5. The third-order valence-corrected chi connectivity index (χ3v) is 4.33. The van der Waals surface area contributed by atoms with Crippen LogP contribution in [0.2, 0.25) is 0 Å². The van der Waals surface area contributed by atoms with E-state index in [0.717, 1.165) is 27.6 Å². The van der Waals surface area contributed by atoms with Crippen LogP contribution in [-0.4, -0.2) is 17.9 Å². The van der Waals surface area contributed by atoms with Crippen molar-refractivity contribution in [1.82, 2.24) is 0 Å². The fourth-order valence-corrected chi connectivity index (χ4v) is 3.17. The first-order valence-electron chi connectivity index (χ1n) is 8.76. The summed E-state index contributed by atoms with van der Waals surface area (Å²) in [6.07, 6.45) is 0.590. The highest BCUT2D eigenvalue weighted by Crippen LogP contribution is 2.27. The molecule has 0 heterocycles. The lowest BCUT2D eigenvalue weighted by Crippen LogP contribution is -2.15. The number of carbonyl (C=O) groups excluding carboxylic acids is 2. The van der Waals surface area contributed by atoms with E-state index >= 15 is 0 Å². The molecular formula is C22H22N2O3. The van der Waals surface area contributed by atoms with E-state index in [1.807, 2.05) is 44.2 Å². The van der Waals surface area contributed by atoms with Crippen LogP contribution in [0.1, 0.15) is 45.7 Å². The van der Waals surface area contributed by atoms with Gasteiger partial charge in [-0.05, 0) is 72.5 Å². The molecule has 3 aromatic rings. The Morgan fingerprint density at radius 1 is 0.963 bits per heavy atom. The number of carbonyl (C=O) groups is 2. The smallest absolute Gasteiger partial charge is 0.249 e. The average molecular weight is 362 g/mol. The van der Waals surface area contributed by atoms with Crippen molar-refractivity contribution in [2.45, 2.75) is 26.4 Å². The van der Waals surface area contributed by atoms with Crippen LogP contribution in [0, 0.1) is 0 Å². The lowest BCUT2D eigenvalue weighted by molar-refractivity contribution is 0.0991. The van der Waals surface area contributed by atoms with Gasteiger partial charge < -0.3 is 16.2 Å². The van der Waals surface area contributed by atoms with Crippen LogP contribution < -0.4 is 16.2 Å². The molecule has 0 bridgehead atoms. The SMILES string of the molecule is CC(C)Oc1cccc(Cc2c(C(N)=O)ccc3cc(C(N)=O)ccc23)c1. The Balaban J connectivity index is 2.10.